The fourth-order valence-corrected chi connectivity index (χ4v) is 4.72. The number of ether oxygens (including phenoxy) is 1. The highest BCUT2D eigenvalue weighted by Crippen LogP contribution is 2.38. The van der Waals surface area contributed by atoms with E-state index in [1.165, 1.54) is 0 Å². The Kier molecular flexibility index (Phi) is 6.31. The molecule has 0 saturated carbocycles. The summed E-state index contributed by atoms with van der Waals surface area (Å²) in [6, 6.07) is 27.7. The molecule has 0 saturated heterocycles. The van der Waals surface area contributed by atoms with Gasteiger partial charge in [-0.1, -0.05) is 42.5 Å². The van der Waals surface area contributed by atoms with Gasteiger partial charge in [0.15, 0.2) is 5.75 Å². The molecule has 1 aliphatic rings. The number of amides is 2. The number of hydrogen-bond donors (Lipinski definition) is 1. The monoisotopic (exact) mass is 512 g/mol. The minimum absolute atomic E-state index is 0.167. The normalized spacial score (nSPS) is 12.0. The predicted molar refractivity (Wildman–Crippen MR) is 150 cm³/mol. The summed E-state index contributed by atoms with van der Waals surface area (Å²) in [7, 11) is 0. The zero-order valence-corrected chi connectivity index (χ0v) is 21.2. The minimum atomic E-state index is -0.240. The maximum atomic E-state index is 13.9. The lowest BCUT2D eigenvalue weighted by Crippen LogP contribution is -2.30. The van der Waals surface area contributed by atoms with Crippen LogP contribution < -0.4 is 15.0 Å². The van der Waals surface area contributed by atoms with E-state index in [0.717, 1.165) is 22.3 Å². The first-order valence-electron chi connectivity index (χ1n) is 12.5. The molecule has 3 aromatic carbocycles. The lowest BCUT2D eigenvalue weighted by Gasteiger charge is -2.23. The first-order chi connectivity index (χ1) is 19.1. The molecule has 3 heterocycles. The van der Waals surface area contributed by atoms with E-state index in [0.29, 0.717) is 40.7 Å². The molecular weight excluding hydrogens is 488 g/mol. The summed E-state index contributed by atoms with van der Waals surface area (Å²) < 4.78 is 6.04. The van der Waals surface area contributed by atoms with Gasteiger partial charge in [0, 0.05) is 46.5 Å². The molecular formula is C32H24N4O3. The fraction of sp³-hybridized carbons (Fsp3) is 0.0625. The van der Waals surface area contributed by atoms with E-state index in [1.807, 2.05) is 79.7 Å². The van der Waals surface area contributed by atoms with Crippen LogP contribution in [-0.2, 0) is 6.54 Å². The topological polar surface area (TPSA) is 84.4 Å². The first kappa shape index (κ1) is 24.1. The molecule has 1 N–H and O–H groups in total. The largest absolute Gasteiger partial charge is 0.436 e. The van der Waals surface area contributed by atoms with Crippen molar-refractivity contribution in [2.24, 2.45) is 0 Å². The third-order valence-corrected chi connectivity index (χ3v) is 6.65. The summed E-state index contributed by atoms with van der Waals surface area (Å²) in [5, 5.41) is 2.98. The van der Waals surface area contributed by atoms with Crippen LogP contribution in [0.25, 0.3) is 11.1 Å². The Morgan fingerprint density at radius 1 is 0.872 bits per heavy atom. The lowest BCUT2D eigenvalue weighted by molar-refractivity contribution is 0.0983. The van der Waals surface area contributed by atoms with E-state index >= 15 is 0 Å². The third kappa shape index (κ3) is 4.73. The van der Waals surface area contributed by atoms with Crippen molar-refractivity contribution in [3.8, 4) is 22.8 Å². The highest BCUT2D eigenvalue weighted by atomic mass is 16.5. The second kappa shape index (κ2) is 10.2. The van der Waals surface area contributed by atoms with Crippen LogP contribution >= 0.6 is 0 Å². The molecule has 0 spiro atoms. The van der Waals surface area contributed by atoms with Crippen LogP contribution in [0.2, 0.25) is 0 Å². The Balaban J connectivity index is 1.28. The highest BCUT2D eigenvalue weighted by Gasteiger charge is 2.27. The molecule has 6 rings (SSSR count). The van der Waals surface area contributed by atoms with Crippen molar-refractivity contribution < 1.29 is 14.3 Å². The molecule has 0 unspecified atom stereocenters. The number of aromatic nitrogens is 2. The molecule has 0 bridgehead atoms. The van der Waals surface area contributed by atoms with Crippen LogP contribution in [0, 0.1) is 6.92 Å². The average molecular weight is 513 g/mol. The van der Waals surface area contributed by atoms with E-state index < -0.39 is 0 Å². The molecule has 0 aliphatic carbocycles. The molecule has 2 amide bonds. The van der Waals surface area contributed by atoms with E-state index in [1.54, 1.807) is 41.7 Å². The van der Waals surface area contributed by atoms with E-state index in [2.05, 4.69) is 15.3 Å². The summed E-state index contributed by atoms with van der Waals surface area (Å²) in [4.78, 5) is 37.3. The van der Waals surface area contributed by atoms with Crippen molar-refractivity contribution >= 4 is 23.2 Å². The Labute approximate surface area is 225 Å². The standard InChI is InChI=1S/C32H24N4O3/c1-21-18-24(35-30(37)27-11-3-2-10-26(27)22-8-6-16-33-19-22)14-15-25(21)32(38)36-20-23-9-7-17-34-31(23)39-29-13-5-4-12-28(29)36/h2-19H,20H2,1H3,(H,35,37). The van der Waals surface area contributed by atoms with Crippen molar-refractivity contribution in [3.05, 3.63) is 132 Å². The molecule has 0 fully saturated rings. The second-order valence-corrected chi connectivity index (χ2v) is 9.20. The van der Waals surface area contributed by atoms with Crippen molar-refractivity contribution in [1.82, 2.24) is 9.97 Å². The number of fused-ring (bicyclic) bond motifs is 2. The van der Waals surface area contributed by atoms with Gasteiger partial charge in [0.05, 0.1) is 12.2 Å². The summed E-state index contributed by atoms with van der Waals surface area (Å²) in [6.07, 6.45) is 5.10. The molecule has 0 atom stereocenters. The number of hydrogen-bond acceptors (Lipinski definition) is 5. The lowest BCUT2D eigenvalue weighted by atomic mass is 10.0. The van der Waals surface area contributed by atoms with Crippen molar-refractivity contribution in [1.29, 1.82) is 0 Å². The second-order valence-electron chi connectivity index (χ2n) is 9.20. The number of aryl methyl sites for hydroxylation is 1. The molecule has 7 nitrogen and oxygen atoms in total. The Morgan fingerprint density at radius 3 is 2.54 bits per heavy atom. The fourth-order valence-electron chi connectivity index (χ4n) is 4.72. The predicted octanol–water partition coefficient (Wildman–Crippen LogP) is 6.66. The summed E-state index contributed by atoms with van der Waals surface area (Å²) >= 11 is 0. The van der Waals surface area contributed by atoms with Gasteiger partial charge in [0.2, 0.25) is 5.88 Å². The third-order valence-electron chi connectivity index (χ3n) is 6.65. The zero-order valence-electron chi connectivity index (χ0n) is 21.2. The summed E-state index contributed by atoms with van der Waals surface area (Å²) in [6.45, 7) is 2.18. The van der Waals surface area contributed by atoms with Gasteiger partial charge in [-0.05, 0) is 66.6 Å². The number of carbonyl (C=O) groups excluding carboxylic acids is 2. The quantitative estimate of drug-likeness (QED) is 0.291. The Bertz CT molecular complexity index is 1700. The first-order valence-corrected chi connectivity index (χ1v) is 12.5. The van der Waals surface area contributed by atoms with Crippen LogP contribution in [0.3, 0.4) is 0 Å². The number of nitrogens with zero attached hydrogens (tertiary/aromatic N) is 3. The van der Waals surface area contributed by atoms with Crippen LogP contribution in [0.4, 0.5) is 11.4 Å². The van der Waals surface area contributed by atoms with Gasteiger partial charge in [-0.15, -0.1) is 0 Å². The van der Waals surface area contributed by atoms with Crippen LogP contribution in [0.5, 0.6) is 11.6 Å². The van der Waals surface area contributed by atoms with Gasteiger partial charge in [-0.25, -0.2) is 4.98 Å². The molecule has 1 aliphatic heterocycles. The van der Waals surface area contributed by atoms with Crippen molar-refractivity contribution in [2.75, 3.05) is 10.2 Å². The van der Waals surface area contributed by atoms with E-state index in [9.17, 15) is 9.59 Å². The smallest absolute Gasteiger partial charge is 0.258 e. The Morgan fingerprint density at radius 2 is 1.69 bits per heavy atom. The van der Waals surface area contributed by atoms with Gasteiger partial charge in [0.25, 0.3) is 11.8 Å². The number of benzene rings is 3. The Hall–Kier alpha value is -5.30. The molecule has 7 heteroatoms. The molecule has 190 valence electrons. The average Bonchev–Trinajstić information content (AvgIpc) is 3.14. The number of para-hydroxylation sites is 2. The maximum absolute atomic E-state index is 13.9. The highest BCUT2D eigenvalue weighted by molar-refractivity contribution is 6.10. The number of rotatable bonds is 4. The van der Waals surface area contributed by atoms with Crippen LogP contribution in [0.1, 0.15) is 31.8 Å². The van der Waals surface area contributed by atoms with E-state index in [4.69, 9.17) is 4.74 Å². The van der Waals surface area contributed by atoms with Gasteiger partial charge < -0.3 is 15.0 Å². The minimum Gasteiger partial charge on any atom is -0.436 e. The van der Waals surface area contributed by atoms with Crippen molar-refractivity contribution in [2.45, 2.75) is 13.5 Å². The van der Waals surface area contributed by atoms with Gasteiger partial charge in [-0.3, -0.25) is 14.6 Å². The van der Waals surface area contributed by atoms with Gasteiger partial charge in [0.1, 0.15) is 0 Å². The van der Waals surface area contributed by atoms with E-state index in [-0.39, 0.29) is 11.8 Å². The number of anilines is 2. The van der Waals surface area contributed by atoms with Gasteiger partial charge in [-0.2, -0.15) is 0 Å². The number of carbonyl (C=O) groups is 2. The number of nitrogens with one attached hydrogen (secondary N) is 1. The molecule has 2 aromatic heterocycles. The van der Waals surface area contributed by atoms with Crippen molar-refractivity contribution in [3.63, 3.8) is 0 Å². The molecule has 39 heavy (non-hydrogen) atoms. The van der Waals surface area contributed by atoms with Gasteiger partial charge >= 0.3 is 0 Å². The van der Waals surface area contributed by atoms with Crippen LogP contribution in [0.15, 0.2) is 110 Å². The van der Waals surface area contributed by atoms with Crippen LogP contribution in [-0.4, -0.2) is 21.8 Å². The summed E-state index contributed by atoms with van der Waals surface area (Å²) in [5.74, 6) is 0.648. The SMILES string of the molecule is Cc1cc(NC(=O)c2ccccc2-c2cccnc2)ccc1C(=O)N1Cc2cccnc2Oc2ccccc21. The number of pyridine rings is 2. The molecule has 0 radical (unpaired) electrons. The molecule has 5 aromatic rings. The zero-order chi connectivity index (χ0) is 26.8. The summed E-state index contributed by atoms with van der Waals surface area (Å²) in [5.41, 5.74) is 5.56. The maximum Gasteiger partial charge on any atom is 0.258 e.